The number of hydrogen-bond acceptors (Lipinski definition) is 2. The lowest BCUT2D eigenvalue weighted by atomic mass is 9.73. The van der Waals surface area contributed by atoms with Crippen molar-refractivity contribution in [2.45, 2.75) is 37.0 Å². The van der Waals surface area contributed by atoms with Gasteiger partial charge in [-0.25, -0.2) is 0 Å². The van der Waals surface area contributed by atoms with Gasteiger partial charge in [-0.2, -0.15) is 0 Å². The van der Waals surface area contributed by atoms with Crippen molar-refractivity contribution in [1.82, 2.24) is 14.4 Å². The highest BCUT2D eigenvalue weighted by Gasteiger charge is 2.46. The van der Waals surface area contributed by atoms with Crippen LogP contribution < -0.4 is 0 Å². The number of benzene rings is 1. The first-order valence-electron chi connectivity index (χ1n) is 10.1. The van der Waals surface area contributed by atoms with Crippen molar-refractivity contribution in [2.24, 2.45) is 7.05 Å². The number of aromatic nitrogens is 1. The maximum Gasteiger partial charge on any atom is 0.270 e. The summed E-state index contributed by atoms with van der Waals surface area (Å²) in [6.07, 6.45) is 5.42. The van der Waals surface area contributed by atoms with Gasteiger partial charge in [-0.15, -0.1) is 0 Å². The van der Waals surface area contributed by atoms with E-state index < -0.39 is 0 Å². The van der Waals surface area contributed by atoms with E-state index in [1.165, 1.54) is 11.1 Å². The minimum Gasteiger partial charge on any atom is -0.349 e. The molecular formula is C23H29N3O2. The number of hydrogen-bond donors (Lipinski definition) is 0. The Kier molecular flexibility index (Phi) is 4.77. The molecule has 2 amide bonds. The average Bonchev–Trinajstić information content (AvgIpc) is 3.24. The van der Waals surface area contributed by atoms with Crippen LogP contribution in [0.15, 0.2) is 42.6 Å². The number of fused-ring (bicyclic) bond motifs is 2. The topological polar surface area (TPSA) is 45.6 Å². The summed E-state index contributed by atoms with van der Waals surface area (Å²) in [5.74, 6) is 0.586. The zero-order valence-electron chi connectivity index (χ0n) is 17.0. The molecule has 0 N–H and O–H groups in total. The van der Waals surface area contributed by atoms with Crippen LogP contribution in [0.5, 0.6) is 0 Å². The lowest BCUT2D eigenvalue weighted by Crippen LogP contribution is -2.44. The SMILES string of the molecule is CN(C)C(=O)C[C@@H]1CC2(CCN(C(=O)c3cccn3C)CC2)c2ccccc21. The second-order valence-corrected chi connectivity index (χ2v) is 8.56. The van der Waals surface area contributed by atoms with Crippen LogP contribution in [0.3, 0.4) is 0 Å². The molecule has 2 aliphatic rings. The summed E-state index contributed by atoms with van der Waals surface area (Å²) in [7, 11) is 5.57. The number of amides is 2. The van der Waals surface area contributed by atoms with E-state index in [4.69, 9.17) is 0 Å². The Balaban J connectivity index is 1.53. The van der Waals surface area contributed by atoms with Gasteiger partial charge in [-0.3, -0.25) is 9.59 Å². The van der Waals surface area contributed by atoms with E-state index in [1.807, 2.05) is 48.9 Å². The fourth-order valence-corrected chi connectivity index (χ4v) is 5.06. The Morgan fingerprint density at radius 3 is 2.46 bits per heavy atom. The Hall–Kier alpha value is -2.56. The number of rotatable bonds is 3. The highest BCUT2D eigenvalue weighted by Crippen LogP contribution is 2.52. The van der Waals surface area contributed by atoms with Crippen molar-refractivity contribution in [2.75, 3.05) is 27.2 Å². The van der Waals surface area contributed by atoms with Gasteiger partial charge >= 0.3 is 0 Å². The predicted octanol–water partition coefficient (Wildman–Crippen LogP) is 3.16. The minimum absolute atomic E-state index is 0.0961. The second-order valence-electron chi connectivity index (χ2n) is 8.56. The summed E-state index contributed by atoms with van der Waals surface area (Å²) in [5.41, 5.74) is 3.58. The fourth-order valence-electron chi connectivity index (χ4n) is 5.06. The van der Waals surface area contributed by atoms with Gasteiger partial charge in [-0.05, 0) is 53.9 Å². The summed E-state index contributed by atoms with van der Waals surface area (Å²) >= 11 is 0. The summed E-state index contributed by atoms with van der Waals surface area (Å²) < 4.78 is 1.89. The van der Waals surface area contributed by atoms with Crippen molar-refractivity contribution in [1.29, 1.82) is 0 Å². The zero-order chi connectivity index (χ0) is 19.9. The quantitative estimate of drug-likeness (QED) is 0.822. The Labute approximate surface area is 166 Å². The molecule has 0 saturated carbocycles. The standard InChI is InChI=1S/C23H29N3O2/c1-24(2)21(27)15-17-16-23(19-8-5-4-7-18(17)19)10-13-26(14-11-23)22(28)20-9-6-12-25(20)3/h4-9,12,17H,10-11,13-16H2,1-3H3/t17-/m1/s1. The molecule has 1 spiro atoms. The van der Waals surface area contributed by atoms with Crippen molar-refractivity contribution in [3.8, 4) is 0 Å². The molecule has 1 aliphatic carbocycles. The molecule has 148 valence electrons. The van der Waals surface area contributed by atoms with Gasteiger partial charge in [0.2, 0.25) is 5.91 Å². The molecule has 0 radical (unpaired) electrons. The van der Waals surface area contributed by atoms with Crippen LogP contribution in [-0.2, 0) is 17.3 Å². The molecule has 1 atom stereocenters. The van der Waals surface area contributed by atoms with E-state index in [-0.39, 0.29) is 23.1 Å². The monoisotopic (exact) mass is 379 g/mol. The molecule has 5 nitrogen and oxygen atoms in total. The average molecular weight is 380 g/mol. The molecule has 1 aliphatic heterocycles. The van der Waals surface area contributed by atoms with Crippen molar-refractivity contribution >= 4 is 11.8 Å². The maximum atomic E-state index is 12.9. The molecule has 1 saturated heterocycles. The molecule has 1 aromatic carbocycles. The summed E-state index contributed by atoms with van der Waals surface area (Å²) in [6, 6.07) is 12.4. The van der Waals surface area contributed by atoms with Gasteiger partial charge in [0.1, 0.15) is 5.69 Å². The Morgan fingerprint density at radius 1 is 1.11 bits per heavy atom. The van der Waals surface area contributed by atoms with Gasteiger partial charge in [-0.1, -0.05) is 24.3 Å². The van der Waals surface area contributed by atoms with Crippen LogP contribution in [0.2, 0.25) is 0 Å². The predicted molar refractivity (Wildman–Crippen MR) is 109 cm³/mol. The number of aryl methyl sites for hydroxylation is 1. The number of likely N-dealkylation sites (tertiary alicyclic amines) is 1. The molecule has 1 fully saturated rings. The van der Waals surface area contributed by atoms with E-state index in [2.05, 4.69) is 24.3 Å². The van der Waals surface area contributed by atoms with Crippen LogP contribution >= 0.6 is 0 Å². The summed E-state index contributed by atoms with van der Waals surface area (Å²) in [5, 5.41) is 0. The van der Waals surface area contributed by atoms with E-state index in [0.717, 1.165) is 38.0 Å². The largest absolute Gasteiger partial charge is 0.349 e. The lowest BCUT2D eigenvalue weighted by molar-refractivity contribution is -0.129. The molecule has 5 heteroatoms. The first-order valence-corrected chi connectivity index (χ1v) is 10.1. The Bertz CT molecular complexity index is 891. The fraction of sp³-hybridized carbons (Fsp3) is 0.478. The van der Waals surface area contributed by atoms with E-state index >= 15 is 0 Å². The third-order valence-electron chi connectivity index (χ3n) is 6.70. The van der Waals surface area contributed by atoms with Crippen molar-refractivity contribution < 1.29 is 9.59 Å². The molecule has 2 aromatic rings. The van der Waals surface area contributed by atoms with Crippen LogP contribution in [-0.4, -0.2) is 53.4 Å². The van der Waals surface area contributed by atoms with Gasteiger partial charge in [0.15, 0.2) is 0 Å². The van der Waals surface area contributed by atoms with Gasteiger partial charge in [0, 0.05) is 46.9 Å². The molecule has 1 aromatic heterocycles. The van der Waals surface area contributed by atoms with Crippen LogP contribution in [0.1, 0.15) is 53.2 Å². The molecule has 28 heavy (non-hydrogen) atoms. The third kappa shape index (κ3) is 3.13. The van der Waals surface area contributed by atoms with Gasteiger partial charge < -0.3 is 14.4 Å². The van der Waals surface area contributed by atoms with Crippen LogP contribution in [0.4, 0.5) is 0 Å². The van der Waals surface area contributed by atoms with E-state index in [0.29, 0.717) is 6.42 Å². The van der Waals surface area contributed by atoms with Crippen molar-refractivity contribution in [3.05, 3.63) is 59.4 Å². The molecular weight excluding hydrogens is 350 g/mol. The maximum absolute atomic E-state index is 12.9. The van der Waals surface area contributed by atoms with Crippen LogP contribution in [0, 0.1) is 0 Å². The number of carbonyl (C=O) groups excluding carboxylic acids is 2. The van der Waals surface area contributed by atoms with Crippen molar-refractivity contribution in [3.63, 3.8) is 0 Å². The molecule has 4 rings (SSSR count). The third-order valence-corrected chi connectivity index (χ3v) is 6.70. The smallest absolute Gasteiger partial charge is 0.270 e. The highest BCUT2D eigenvalue weighted by molar-refractivity contribution is 5.92. The summed E-state index contributed by atoms with van der Waals surface area (Å²) in [4.78, 5) is 28.9. The normalized spacial score (nSPS) is 20.2. The summed E-state index contributed by atoms with van der Waals surface area (Å²) in [6.45, 7) is 1.54. The zero-order valence-corrected chi connectivity index (χ0v) is 17.0. The highest BCUT2D eigenvalue weighted by atomic mass is 16.2. The van der Waals surface area contributed by atoms with Gasteiger partial charge in [0.25, 0.3) is 5.91 Å². The van der Waals surface area contributed by atoms with E-state index in [1.54, 1.807) is 4.90 Å². The lowest BCUT2D eigenvalue weighted by Gasteiger charge is -2.40. The van der Waals surface area contributed by atoms with Gasteiger partial charge in [0.05, 0.1) is 0 Å². The number of carbonyl (C=O) groups is 2. The Morgan fingerprint density at radius 2 is 1.82 bits per heavy atom. The number of nitrogens with zero attached hydrogens (tertiary/aromatic N) is 3. The first-order chi connectivity index (χ1) is 13.4. The number of piperidine rings is 1. The molecule has 0 bridgehead atoms. The minimum atomic E-state index is 0.0961. The van der Waals surface area contributed by atoms with Crippen LogP contribution in [0.25, 0.3) is 0 Å². The second kappa shape index (κ2) is 7.12. The molecule has 2 heterocycles. The first kappa shape index (κ1) is 18.8. The molecule has 0 unspecified atom stereocenters. The van der Waals surface area contributed by atoms with E-state index in [9.17, 15) is 9.59 Å².